The number of carbonyl (C=O) groups is 1. The number of aliphatic hydroxyl groups excluding tert-OH is 2. The molecule has 0 saturated carbocycles. The van der Waals surface area contributed by atoms with E-state index in [2.05, 4.69) is 0 Å². The van der Waals surface area contributed by atoms with E-state index in [0.29, 0.717) is 5.56 Å². The molecular weight excluding hydrogens is 208 g/mol. The predicted molar refractivity (Wildman–Crippen MR) is 59.3 cm³/mol. The minimum atomic E-state index is -1.79. The summed E-state index contributed by atoms with van der Waals surface area (Å²) in [4.78, 5) is 10.6. The zero-order valence-corrected chi connectivity index (χ0v) is 9.56. The molecule has 0 saturated heterocycles. The molecule has 0 radical (unpaired) electrons. The fourth-order valence-corrected chi connectivity index (χ4v) is 1.61. The van der Waals surface area contributed by atoms with Gasteiger partial charge in [-0.2, -0.15) is 0 Å². The van der Waals surface area contributed by atoms with Crippen LogP contribution in [-0.4, -0.2) is 27.4 Å². The second-order valence-corrected chi connectivity index (χ2v) is 4.02. The zero-order chi connectivity index (χ0) is 12.5. The first-order valence-electron chi connectivity index (χ1n) is 5.01. The first-order valence-corrected chi connectivity index (χ1v) is 5.01. The molecule has 0 aliphatic heterocycles. The van der Waals surface area contributed by atoms with Gasteiger partial charge >= 0.3 is 5.97 Å². The summed E-state index contributed by atoms with van der Waals surface area (Å²) in [5.74, 6) is -1.43. The Kier molecular flexibility index (Phi) is 3.67. The Balaban J connectivity index is 3.13. The fraction of sp³-hybridized carbons (Fsp3) is 0.417. The van der Waals surface area contributed by atoms with Crippen molar-refractivity contribution in [3.8, 4) is 0 Å². The summed E-state index contributed by atoms with van der Waals surface area (Å²) in [5.41, 5.74) is 3.25. The van der Waals surface area contributed by atoms with Crippen molar-refractivity contribution in [3.05, 3.63) is 34.4 Å². The van der Waals surface area contributed by atoms with Gasteiger partial charge in [-0.05, 0) is 43.0 Å². The molecule has 0 aliphatic rings. The Morgan fingerprint density at radius 2 is 1.56 bits per heavy atom. The lowest BCUT2D eigenvalue weighted by Crippen LogP contribution is -2.28. The van der Waals surface area contributed by atoms with E-state index >= 15 is 0 Å². The van der Waals surface area contributed by atoms with Gasteiger partial charge in [0.2, 0.25) is 0 Å². The number of hydrogen-bond donors (Lipinski definition) is 3. The van der Waals surface area contributed by atoms with Crippen LogP contribution in [0.2, 0.25) is 0 Å². The molecule has 4 nitrogen and oxygen atoms in total. The standard InChI is InChI=1S/C12H16O4/c1-6-4-8(3)9(5-7(6)2)10(13)11(14)12(15)16/h4-5,10-11,13-14H,1-3H3,(H,15,16). The van der Waals surface area contributed by atoms with Crippen molar-refractivity contribution >= 4 is 5.97 Å². The smallest absolute Gasteiger partial charge is 0.335 e. The maximum atomic E-state index is 10.6. The molecule has 3 N–H and O–H groups in total. The first-order chi connectivity index (χ1) is 7.34. The molecule has 4 heteroatoms. The van der Waals surface area contributed by atoms with Crippen LogP contribution in [0.5, 0.6) is 0 Å². The Labute approximate surface area is 94.2 Å². The summed E-state index contributed by atoms with van der Waals surface area (Å²) in [6.07, 6.45) is -3.18. The monoisotopic (exact) mass is 224 g/mol. The molecule has 16 heavy (non-hydrogen) atoms. The number of carboxylic acids is 1. The van der Waals surface area contributed by atoms with E-state index in [4.69, 9.17) is 5.11 Å². The van der Waals surface area contributed by atoms with Crippen LogP contribution >= 0.6 is 0 Å². The van der Waals surface area contributed by atoms with Crippen LogP contribution in [-0.2, 0) is 4.79 Å². The number of aliphatic hydroxyl groups is 2. The van der Waals surface area contributed by atoms with Crippen molar-refractivity contribution in [3.63, 3.8) is 0 Å². The average Bonchev–Trinajstić information content (AvgIpc) is 2.21. The highest BCUT2D eigenvalue weighted by Crippen LogP contribution is 2.24. The van der Waals surface area contributed by atoms with Gasteiger partial charge in [0, 0.05) is 0 Å². The minimum Gasteiger partial charge on any atom is -0.479 e. The minimum absolute atomic E-state index is 0.456. The van der Waals surface area contributed by atoms with Gasteiger partial charge in [-0.15, -0.1) is 0 Å². The molecule has 1 rings (SSSR count). The first kappa shape index (κ1) is 12.7. The molecule has 2 unspecified atom stereocenters. The molecule has 0 bridgehead atoms. The molecule has 0 fully saturated rings. The molecule has 0 amide bonds. The Morgan fingerprint density at radius 3 is 2.06 bits per heavy atom. The number of benzene rings is 1. The molecule has 0 heterocycles. The van der Waals surface area contributed by atoms with Crippen LogP contribution < -0.4 is 0 Å². The number of carboxylic acid groups (broad SMARTS) is 1. The third-order valence-electron chi connectivity index (χ3n) is 2.75. The Morgan fingerprint density at radius 1 is 1.06 bits per heavy atom. The van der Waals surface area contributed by atoms with E-state index in [1.807, 2.05) is 19.9 Å². The van der Waals surface area contributed by atoms with Gasteiger partial charge in [0.05, 0.1) is 0 Å². The van der Waals surface area contributed by atoms with Crippen LogP contribution in [0.25, 0.3) is 0 Å². The van der Waals surface area contributed by atoms with Gasteiger partial charge in [-0.25, -0.2) is 4.79 Å². The maximum Gasteiger partial charge on any atom is 0.335 e. The molecule has 2 atom stereocenters. The van der Waals surface area contributed by atoms with E-state index in [1.54, 1.807) is 13.0 Å². The van der Waals surface area contributed by atoms with E-state index in [1.165, 1.54) is 0 Å². The van der Waals surface area contributed by atoms with Gasteiger partial charge in [-0.3, -0.25) is 0 Å². The highest BCUT2D eigenvalue weighted by Gasteiger charge is 2.26. The van der Waals surface area contributed by atoms with Gasteiger partial charge in [-0.1, -0.05) is 12.1 Å². The molecular formula is C12H16O4. The third-order valence-corrected chi connectivity index (χ3v) is 2.75. The van der Waals surface area contributed by atoms with E-state index in [9.17, 15) is 15.0 Å². The van der Waals surface area contributed by atoms with Crippen molar-refractivity contribution in [1.82, 2.24) is 0 Å². The van der Waals surface area contributed by atoms with Gasteiger partial charge < -0.3 is 15.3 Å². The number of aliphatic carboxylic acids is 1. The lowest BCUT2D eigenvalue weighted by molar-refractivity contribution is -0.153. The van der Waals surface area contributed by atoms with Crippen molar-refractivity contribution in [2.45, 2.75) is 33.0 Å². The van der Waals surface area contributed by atoms with Crippen molar-refractivity contribution in [2.75, 3.05) is 0 Å². The van der Waals surface area contributed by atoms with E-state index in [-0.39, 0.29) is 0 Å². The summed E-state index contributed by atoms with van der Waals surface area (Å²) >= 11 is 0. The SMILES string of the molecule is Cc1cc(C)c(C(O)C(O)C(=O)O)cc1C. The lowest BCUT2D eigenvalue weighted by Gasteiger charge is -2.18. The topological polar surface area (TPSA) is 77.8 Å². The summed E-state index contributed by atoms with van der Waals surface area (Å²) in [6.45, 7) is 5.59. The fourth-order valence-electron chi connectivity index (χ4n) is 1.61. The number of aryl methyl sites for hydroxylation is 3. The van der Waals surface area contributed by atoms with Crippen LogP contribution in [0.1, 0.15) is 28.4 Å². The highest BCUT2D eigenvalue weighted by atomic mass is 16.4. The quantitative estimate of drug-likeness (QED) is 0.718. The van der Waals surface area contributed by atoms with Crippen molar-refractivity contribution in [1.29, 1.82) is 0 Å². The Bertz CT molecular complexity index is 412. The maximum absolute atomic E-state index is 10.6. The van der Waals surface area contributed by atoms with E-state index < -0.39 is 18.2 Å². The predicted octanol–water partition coefficient (Wildman–Crippen LogP) is 1.09. The Hall–Kier alpha value is -1.39. The molecule has 0 aromatic heterocycles. The van der Waals surface area contributed by atoms with E-state index in [0.717, 1.165) is 16.7 Å². The third kappa shape index (κ3) is 2.40. The van der Waals surface area contributed by atoms with Crippen LogP contribution in [0.15, 0.2) is 12.1 Å². The lowest BCUT2D eigenvalue weighted by atomic mass is 9.95. The largest absolute Gasteiger partial charge is 0.479 e. The summed E-state index contributed by atoms with van der Waals surface area (Å²) in [6, 6.07) is 3.57. The molecule has 1 aromatic carbocycles. The van der Waals surface area contributed by atoms with Crippen LogP contribution in [0, 0.1) is 20.8 Å². The molecule has 1 aromatic rings. The molecule has 88 valence electrons. The molecule has 0 aliphatic carbocycles. The van der Waals surface area contributed by atoms with Crippen molar-refractivity contribution in [2.24, 2.45) is 0 Å². The van der Waals surface area contributed by atoms with Crippen LogP contribution in [0.4, 0.5) is 0 Å². The van der Waals surface area contributed by atoms with Crippen molar-refractivity contribution < 1.29 is 20.1 Å². The van der Waals surface area contributed by atoms with Gasteiger partial charge in [0.25, 0.3) is 0 Å². The summed E-state index contributed by atoms with van der Waals surface area (Å²) in [5, 5.41) is 27.6. The van der Waals surface area contributed by atoms with Gasteiger partial charge in [0.1, 0.15) is 6.10 Å². The van der Waals surface area contributed by atoms with Gasteiger partial charge in [0.15, 0.2) is 6.10 Å². The molecule has 0 spiro atoms. The zero-order valence-electron chi connectivity index (χ0n) is 9.56. The second kappa shape index (κ2) is 4.63. The van der Waals surface area contributed by atoms with Crippen LogP contribution in [0.3, 0.4) is 0 Å². The summed E-state index contributed by atoms with van der Waals surface area (Å²) < 4.78 is 0. The average molecular weight is 224 g/mol. The highest BCUT2D eigenvalue weighted by molar-refractivity contribution is 5.73. The summed E-state index contributed by atoms with van der Waals surface area (Å²) in [7, 11) is 0. The number of rotatable bonds is 3. The number of hydrogen-bond acceptors (Lipinski definition) is 3. The second-order valence-electron chi connectivity index (χ2n) is 4.02. The normalized spacial score (nSPS) is 14.6.